The molecule has 0 aliphatic heterocycles. The van der Waals surface area contributed by atoms with Crippen LogP contribution in [0.15, 0.2) is 18.2 Å². The van der Waals surface area contributed by atoms with Crippen LogP contribution < -0.4 is 4.74 Å². The van der Waals surface area contributed by atoms with Crippen LogP contribution in [-0.2, 0) is 10.1 Å². The van der Waals surface area contributed by atoms with Crippen molar-refractivity contribution in [3.05, 3.63) is 29.6 Å². The van der Waals surface area contributed by atoms with Crippen LogP contribution >= 0.6 is 15.9 Å². The lowest BCUT2D eigenvalue weighted by Crippen LogP contribution is -2.05. The molecular weight excluding hydrogens is 251 g/mol. The highest BCUT2D eigenvalue weighted by Crippen LogP contribution is 2.21. The normalized spacial score (nSPS) is 10.2. The lowest BCUT2D eigenvalue weighted by Gasteiger charge is -2.09. The molecule has 0 atom stereocenters. The number of ether oxygens (including phenoxy) is 2. The number of halogens is 2. The third kappa shape index (κ3) is 3.27. The van der Waals surface area contributed by atoms with Crippen molar-refractivity contribution < 1.29 is 13.9 Å². The van der Waals surface area contributed by atoms with Gasteiger partial charge in [0.1, 0.15) is 18.2 Å². The summed E-state index contributed by atoms with van der Waals surface area (Å²) in [4.78, 5) is 0. The Bertz CT molecular complexity index is 291. The fraction of sp³-hybridized carbons (Fsp3) is 0.400. The molecule has 0 saturated carbocycles. The van der Waals surface area contributed by atoms with E-state index in [1.54, 1.807) is 13.2 Å². The first kappa shape index (κ1) is 11.5. The van der Waals surface area contributed by atoms with Crippen LogP contribution in [0.3, 0.4) is 0 Å². The zero-order valence-electron chi connectivity index (χ0n) is 7.93. The van der Waals surface area contributed by atoms with E-state index >= 15 is 0 Å². The van der Waals surface area contributed by atoms with Crippen LogP contribution in [0.25, 0.3) is 0 Å². The van der Waals surface area contributed by atoms with Crippen molar-refractivity contribution in [2.75, 3.05) is 20.3 Å². The summed E-state index contributed by atoms with van der Waals surface area (Å²) in [6.45, 7) is 1.00. The largest absolute Gasteiger partial charge is 0.491 e. The summed E-state index contributed by atoms with van der Waals surface area (Å²) in [5.74, 6) is 0.443. The molecule has 0 aromatic heterocycles. The van der Waals surface area contributed by atoms with Gasteiger partial charge in [-0.3, -0.25) is 0 Å². The number of hydrogen-bond donors (Lipinski definition) is 0. The minimum Gasteiger partial charge on any atom is -0.491 e. The number of alkyl halides is 1. The van der Waals surface area contributed by atoms with Crippen LogP contribution in [-0.4, -0.2) is 20.3 Å². The molecular formula is C10H12BrFO2. The van der Waals surface area contributed by atoms with Crippen LogP contribution in [0.5, 0.6) is 5.75 Å². The molecule has 0 fully saturated rings. The molecule has 4 heteroatoms. The first-order chi connectivity index (χ1) is 6.77. The van der Waals surface area contributed by atoms with Crippen LogP contribution in [0.4, 0.5) is 4.39 Å². The van der Waals surface area contributed by atoms with E-state index in [-0.39, 0.29) is 5.82 Å². The van der Waals surface area contributed by atoms with Crippen molar-refractivity contribution in [1.29, 1.82) is 0 Å². The second-order valence-corrected chi connectivity index (χ2v) is 3.29. The van der Waals surface area contributed by atoms with Crippen molar-refractivity contribution in [2.24, 2.45) is 0 Å². The van der Waals surface area contributed by atoms with Gasteiger partial charge in [0.2, 0.25) is 0 Å². The van der Waals surface area contributed by atoms with E-state index in [0.717, 1.165) is 5.56 Å². The average molecular weight is 263 g/mol. The van der Waals surface area contributed by atoms with Crippen LogP contribution in [0.1, 0.15) is 5.56 Å². The minimum atomic E-state index is -0.251. The van der Waals surface area contributed by atoms with Gasteiger partial charge in [0.25, 0.3) is 0 Å². The summed E-state index contributed by atoms with van der Waals surface area (Å²) < 4.78 is 23.1. The summed E-state index contributed by atoms with van der Waals surface area (Å²) in [5.41, 5.74) is 0.807. The van der Waals surface area contributed by atoms with E-state index < -0.39 is 0 Å². The van der Waals surface area contributed by atoms with Gasteiger partial charge in [-0.15, -0.1) is 0 Å². The molecule has 14 heavy (non-hydrogen) atoms. The van der Waals surface area contributed by atoms with Gasteiger partial charge >= 0.3 is 0 Å². The molecule has 0 heterocycles. The zero-order valence-corrected chi connectivity index (χ0v) is 9.51. The molecule has 0 aliphatic carbocycles. The first-order valence-electron chi connectivity index (χ1n) is 4.24. The van der Waals surface area contributed by atoms with Crippen LogP contribution in [0, 0.1) is 5.82 Å². The summed E-state index contributed by atoms with van der Waals surface area (Å²) in [5, 5.41) is 0.576. The number of hydrogen-bond acceptors (Lipinski definition) is 2. The number of rotatable bonds is 5. The molecule has 1 rings (SSSR count). The van der Waals surface area contributed by atoms with Gasteiger partial charge < -0.3 is 9.47 Å². The van der Waals surface area contributed by atoms with Gasteiger partial charge in [-0.1, -0.05) is 15.9 Å². The van der Waals surface area contributed by atoms with E-state index in [0.29, 0.717) is 24.3 Å². The van der Waals surface area contributed by atoms with Gasteiger partial charge in [-0.25, -0.2) is 4.39 Å². The van der Waals surface area contributed by atoms with Gasteiger partial charge in [0.05, 0.1) is 6.61 Å². The molecule has 0 N–H and O–H groups in total. The molecule has 0 spiro atoms. The molecule has 2 nitrogen and oxygen atoms in total. The molecule has 0 saturated heterocycles. The van der Waals surface area contributed by atoms with Crippen molar-refractivity contribution in [2.45, 2.75) is 5.33 Å². The molecule has 0 amide bonds. The predicted molar refractivity (Wildman–Crippen MR) is 56.4 cm³/mol. The minimum absolute atomic E-state index is 0.251. The third-order valence-electron chi connectivity index (χ3n) is 1.71. The Morgan fingerprint density at radius 1 is 1.36 bits per heavy atom. The molecule has 0 radical (unpaired) electrons. The second kappa shape index (κ2) is 5.98. The quantitative estimate of drug-likeness (QED) is 0.600. The maximum atomic E-state index is 12.8. The summed E-state index contributed by atoms with van der Waals surface area (Å²) >= 11 is 3.27. The predicted octanol–water partition coefficient (Wildman–Crippen LogP) is 2.75. The molecule has 78 valence electrons. The number of methoxy groups -OCH3 is 1. The lowest BCUT2D eigenvalue weighted by atomic mass is 10.2. The van der Waals surface area contributed by atoms with Crippen molar-refractivity contribution in [3.63, 3.8) is 0 Å². The maximum Gasteiger partial charge on any atom is 0.123 e. The SMILES string of the molecule is COCCOc1ccc(F)cc1CBr. The Balaban J connectivity index is 2.65. The molecule has 1 aromatic rings. The molecule has 1 aromatic carbocycles. The van der Waals surface area contributed by atoms with Crippen LogP contribution in [0.2, 0.25) is 0 Å². The molecule has 0 aliphatic rings. The second-order valence-electron chi connectivity index (χ2n) is 2.73. The van der Waals surface area contributed by atoms with E-state index in [9.17, 15) is 4.39 Å². The molecule has 0 bridgehead atoms. The Morgan fingerprint density at radius 3 is 2.79 bits per heavy atom. The van der Waals surface area contributed by atoms with Crippen molar-refractivity contribution in [1.82, 2.24) is 0 Å². The third-order valence-corrected chi connectivity index (χ3v) is 2.32. The van der Waals surface area contributed by atoms with E-state index in [4.69, 9.17) is 9.47 Å². The highest BCUT2D eigenvalue weighted by atomic mass is 79.9. The summed E-state index contributed by atoms with van der Waals surface area (Å²) in [6, 6.07) is 4.47. The summed E-state index contributed by atoms with van der Waals surface area (Å²) in [6.07, 6.45) is 0. The molecule has 0 unspecified atom stereocenters. The van der Waals surface area contributed by atoms with Gasteiger partial charge in [-0.2, -0.15) is 0 Å². The maximum absolute atomic E-state index is 12.8. The highest BCUT2D eigenvalue weighted by molar-refractivity contribution is 9.08. The smallest absolute Gasteiger partial charge is 0.123 e. The van der Waals surface area contributed by atoms with E-state index in [1.807, 2.05) is 0 Å². The van der Waals surface area contributed by atoms with Crippen molar-refractivity contribution >= 4 is 15.9 Å². The number of benzene rings is 1. The first-order valence-corrected chi connectivity index (χ1v) is 5.36. The monoisotopic (exact) mass is 262 g/mol. The zero-order chi connectivity index (χ0) is 10.4. The van der Waals surface area contributed by atoms with Gasteiger partial charge in [0, 0.05) is 18.0 Å². The Hall–Kier alpha value is -0.610. The van der Waals surface area contributed by atoms with Gasteiger partial charge in [0.15, 0.2) is 0 Å². The highest BCUT2D eigenvalue weighted by Gasteiger charge is 2.03. The fourth-order valence-electron chi connectivity index (χ4n) is 1.03. The van der Waals surface area contributed by atoms with Gasteiger partial charge in [-0.05, 0) is 18.2 Å². The Kier molecular flexibility index (Phi) is 4.90. The van der Waals surface area contributed by atoms with Crippen molar-refractivity contribution in [3.8, 4) is 5.75 Å². The average Bonchev–Trinajstić information content (AvgIpc) is 2.20. The van der Waals surface area contributed by atoms with E-state index in [1.165, 1.54) is 12.1 Å². The fourth-order valence-corrected chi connectivity index (χ4v) is 1.47. The Labute approximate surface area is 91.2 Å². The standard InChI is InChI=1S/C10H12BrFO2/c1-13-4-5-14-10-3-2-9(12)6-8(10)7-11/h2-3,6H,4-5,7H2,1H3. The topological polar surface area (TPSA) is 18.5 Å². The van der Waals surface area contributed by atoms with E-state index in [2.05, 4.69) is 15.9 Å². The summed E-state index contributed by atoms with van der Waals surface area (Å²) in [7, 11) is 1.61. The lowest BCUT2D eigenvalue weighted by molar-refractivity contribution is 0.146. The Morgan fingerprint density at radius 2 is 2.14 bits per heavy atom.